The van der Waals surface area contributed by atoms with Crippen molar-refractivity contribution >= 4 is 17.3 Å². The van der Waals surface area contributed by atoms with Crippen molar-refractivity contribution < 1.29 is 14.2 Å². The Balaban J connectivity index is 1.86. The number of rotatable bonds is 6. The van der Waals surface area contributed by atoms with Gasteiger partial charge in [0.1, 0.15) is 18.0 Å². The normalized spacial score (nSPS) is 13.7. The van der Waals surface area contributed by atoms with Gasteiger partial charge < -0.3 is 24.4 Å². The van der Waals surface area contributed by atoms with Crippen LogP contribution in [0.2, 0.25) is 0 Å². The van der Waals surface area contributed by atoms with Crippen molar-refractivity contribution in [1.29, 1.82) is 0 Å². The molecule has 0 bridgehead atoms. The lowest BCUT2D eigenvalue weighted by molar-refractivity contribution is 0.324. The van der Waals surface area contributed by atoms with Crippen LogP contribution in [0.4, 0.5) is 17.3 Å². The minimum atomic E-state index is 0.561. The van der Waals surface area contributed by atoms with Crippen LogP contribution in [0, 0.1) is 0 Å². The summed E-state index contributed by atoms with van der Waals surface area (Å²) in [5, 5.41) is 3.28. The molecule has 24 heavy (non-hydrogen) atoms. The van der Waals surface area contributed by atoms with Crippen LogP contribution in [0.1, 0.15) is 12.8 Å². The predicted molar refractivity (Wildman–Crippen MR) is 92.9 cm³/mol. The summed E-state index contributed by atoms with van der Waals surface area (Å²) >= 11 is 0. The largest absolute Gasteiger partial charge is 0.493 e. The topological polar surface area (TPSA) is 68.7 Å². The maximum absolute atomic E-state index is 5.38. The lowest BCUT2D eigenvalue weighted by Gasteiger charge is -2.17. The Bertz CT molecular complexity index is 677. The number of hydrogen-bond donors (Lipinski definition) is 1. The van der Waals surface area contributed by atoms with Crippen molar-refractivity contribution in [3.05, 3.63) is 24.5 Å². The molecule has 1 saturated heterocycles. The fourth-order valence-electron chi connectivity index (χ4n) is 2.84. The van der Waals surface area contributed by atoms with Gasteiger partial charge in [-0.15, -0.1) is 0 Å². The molecule has 0 unspecified atom stereocenters. The molecule has 0 saturated carbocycles. The maximum Gasteiger partial charge on any atom is 0.203 e. The van der Waals surface area contributed by atoms with Gasteiger partial charge in [0.05, 0.1) is 21.3 Å². The second kappa shape index (κ2) is 7.25. The Hall–Kier alpha value is -2.70. The number of methoxy groups -OCH3 is 3. The quantitative estimate of drug-likeness (QED) is 0.873. The van der Waals surface area contributed by atoms with E-state index in [0.717, 1.165) is 30.4 Å². The summed E-state index contributed by atoms with van der Waals surface area (Å²) in [5.41, 5.74) is 0.801. The molecule has 0 spiro atoms. The molecule has 3 rings (SSSR count). The third kappa shape index (κ3) is 3.29. The first-order valence-electron chi connectivity index (χ1n) is 7.89. The number of aromatic nitrogens is 2. The number of benzene rings is 1. The number of anilines is 3. The van der Waals surface area contributed by atoms with Gasteiger partial charge in [-0.25, -0.2) is 9.97 Å². The molecule has 0 amide bonds. The molecule has 1 aromatic heterocycles. The summed E-state index contributed by atoms with van der Waals surface area (Å²) in [6.07, 6.45) is 3.99. The fourth-order valence-corrected chi connectivity index (χ4v) is 2.84. The van der Waals surface area contributed by atoms with Gasteiger partial charge >= 0.3 is 0 Å². The molecular formula is C17H22N4O3. The van der Waals surface area contributed by atoms with Crippen LogP contribution >= 0.6 is 0 Å². The monoisotopic (exact) mass is 330 g/mol. The molecule has 7 heteroatoms. The number of nitrogens with zero attached hydrogens (tertiary/aromatic N) is 3. The maximum atomic E-state index is 5.38. The van der Waals surface area contributed by atoms with Crippen LogP contribution in [-0.2, 0) is 0 Å². The summed E-state index contributed by atoms with van der Waals surface area (Å²) in [6, 6.07) is 5.65. The molecule has 1 aliphatic rings. The Kier molecular flexibility index (Phi) is 4.88. The number of hydrogen-bond acceptors (Lipinski definition) is 7. The van der Waals surface area contributed by atoms with E-state index in [1.54, 1.807) is 27.7 Å². The third-order valence-corrected chi connectivity index (χ3v) is 4.02. The Morgan fingerprint density at radius 2 is 1.58 bits per heavy atom. The molecule has 7 nitrogen and oxygen atoms in total. The summed E-state index contributed by atoms with van der Waals surface area (Å²) < 4.78 is 16.1. The van der Waals surface area contributed by atoms with Crippen LogP contribution in [0.5, 0.6) is 17.2 Å². The molecule has 1 fully saturated rings. The average Bonchev–Trinajstić information content (AvgIpc) is 3.15. The van der Waals surface area contributed by atoms with Crippen LogP contribution in [-0.4, -0.2) is 44.4 Å². The van der Waals surface area contributed by atoms with Crippen molar-refractivity contribution in [2.24, 2.45) is 0 Å². The minimum absolute atomic E-state index is 0.561. The zero-order chi connectivity index (χ0) is 16.9. The number of nitrogens with one attached hydrogen (secondary N) is 1. The minimum Gasteiger partial charge on any atom is -0.493 e. The van der Waals surface area contributed by atoms with Gasteiger partial charge in [0.15, 0.2) is 11.5 Å². The number of ether oxygens (including phenoxy) is 3. The smallest absolute Gasteiger partial charge is 0.203 e. The van der Waals surface area contributed by atoms with E-state index >= 15 is 0 Å². The first kappa shape index (κ1) is 16.2. The Labute approximate surface area is 141 Å². The second-order valence-corrected chi connectivity index (χ2v) is 5.49. The van der Waals surface area contributed by atoms with E-state index in [-0.39, 0.29) is 0 Å². The van der Waals surface area contributed by atoms with Crippen molar-refractivity contribution in [3.8, 4) is 17.2 Å². The fraction of sp³-hybridized carbons (Fsp3) is 0.412. The molecule has 128 valence electrons. The van der Waals surface area contributed by atoms with E-state index in [4.69, 9.17) is 14.2 Å². The summed E-state index contributed by atoms with van der Waals surface area (Å²) in [5.74, 6) is 3.41. The van der Waals surface area contributed by atoms with Crippen LogP contribution in [0.25, 0.3) is 0 Å². The standard InChI is InChI=1S/C17H22N4O3/c1-22-13-8-12(9-14(23-2)17(13)24-3)20-15-10-16(19-11-18-15)21-6-4-5-7-21/h8-11H,4-7H2,1-3H3,(H,18,19,20). The van der Waals surface area contributed by atoms with Crippen LogP contribution < -0.4 is 24.4 Å². The highest BCUT2D eigenvalue weighted by Gasteiger charge is 2.16. The lowest BCUT2D eigenvalue weighted by Crippen LogP contribution is -2.19. The molecule has 0 radical (unpaired) electrons. The third-order valence-electron chi connectivity index (χ3n) is 4.02. The Morgan fingerprint density at radius 1 is 0.917 bits per heavy atom. The molecule has 1 N–H and O–H groups in total. The zero-order valence-electron chi connectivity index (χ0n) is 14.2. The van der Waals surface area contributed by atoms with Gasteiger partial charge in [0, 0.05) is 37.0 Å². The molecule has 0 aliphatic carbocycles. The molecule has 2 heterocycles. The van der Waals surface area contributed by atoms with Gasteiger partial charge in [-0.2, -0.15) is 0 Å². The van der Waals surface area contributed by atoms with E-state index in [1.807, 2.05) is 18.2 Å². The highest BCUT2D eigenvalue weighted by atomic mass is 16.5. The summed E-state index contributed by atoms with van der Waals surface area (Å²) in [4.78, 5) is 10.9. The predicted octanol–water partition coefficient (Wildman–Crippen LogP) is 2.85. The van der Waals surface area contributed by atoms with Crippen molar-refractivity contribution in [3.63, 3.8) is 0 Å². The van der Waals surface area contributed by atoms with Gasteiger partial charge in [0.2, 0.25) is 5.75 Å². The SMILES string of the molecule is COc1cc(Nc2cc(N3CCCC3)ncn2)cc(OC)c1OC. The zero-order valence-corrected chi connectivity index (χ0v) is 14.2. The van der Waals surface area contributed by atoms with E-state index in [2.05, 4.69) is 20.2 Å². The molecule has 1 aromatic carbocycles. The van der Waals surface area contributed by atoms with Gasteiger partial charge in [-0.1, -0.05) is 0 Å². The first-order chi connectivity index (χ1) is 11.7. The van der Waals surface area contributed by atoms with Gasteiger partial charge in [0.25, 0.3) is 0 Å². The summed E-state index contributed by atoms with van der Waals surface area (Å²) in [6.45, 7) is 2.08. The molecule has 1 aliphatic heterocycles. The molecule has 2 aromatic rings. The highest BCUT2D eigenvalue weighted by Crippen LogP contribution is 2.40. The first-order valence-corrected chi connectivity index (χ1v) is 7.89. The summed E-state index contributed by atoms with van der Waals surface area (Å²) in [7, 11) is 4.77. The molecular weight excluding hydrogens is 308 g/mol. The molecule has 0 atom stereocenters. The van der Waals surface area contributed by atoms with Crippen molar-refractivity contribution in [2.75, 3.05) is 44.6 Å². The van der Waals surface area contributed by atoms with E-state index in [9.17, 15) is 0 Å². The van der Waals surface area contributed by atoms with Crippen LogP contribution in [0.15, 0.2) is 24.5 Å². The average molecular weight is 330 g/mol. The van der Waals surface area contributed by atoms with Gasteiger partial charge in [-0.3, -0.25) is 0 Å². The van der Waals surface area contributed by atoms with E-state index < -0.39 is 0 Å². The van der Waals surface area contributed by atoms with E-state index in [0.29, 0.717) is 17.2 Å². The van der Waals surface area contributed by atoms with Crippen molar-refractivity contribution in [1.82, 2.24) is 9.97 Å². The Morgan fingerprint density at radius 3 is 2.17 bits per heavy atom. The highest BCUT2D eigenvalue weighted by molar-refractivity contribution is 5.67. The van der Waals surface area contributed by atoms with Crippen molar-refractivity contribution in [2.45, 2.75) is 12.8 Å². The van der Waals surface area contributed by atoms with Gasteiger partial charge in [-0.05, 0) is 12.8 Å². The van der Waals surface area contributed by atoms with Crippen LogP contribution in [0.3, 0.4) is 0 Å². The lowest BCUT2D eigenvalue weighted by atomic mass is 10.2. The van der Waals surface area contributed by atoms with E-state index in [1.165, 1.54) is 12.8 Å². The second-order valence-electron chi connectivity index (χ2n) is 5.49.